The Bertz CT molecular complexity index is 1030. The summed E-state index contributed by atoms with van der Waals surface area (Å²) < 4.78 is 8.92. The van der Waals surface area contributed by atoms with Gasteiger partial charge in [-0.1, -0.05) is 0 Å². The van der Waals surface area contributed by atoms with Crippen molar-refractivity contribution >= 4 is 40.7 Å². The topological polar surface area (TPSA) is 219 Å². The van der Waals surface area contributed by atoms with Gasteiger partial charge in [0.05, 0.1) is 11.1 Å². The summed E-state index contributed by atoms with van der Waals surface area (Å²) >= 11 is 0.612. The van der Waals surface area contributed by atoms with Gasteiger partial charge in [0, 0.05) is 30.0 Å². The number of aliphatic hydroxyl groups excluding tert-OH is 2. The number of hydrazine groups is 1. The number of carbonyl (C=O) groups is 2. The number of nitrogens with two attached hydrogens (primary N) is 1. The summed E-state index contributed by atoms with van der Waals surface area (Å²) in [6, 6.07) is -1.08. The Balaban J connectivity index is 1.64. The molecule has 16 heteroatoms. The van der Waals surface area contributed by atoms with Crippen molar-refractivity contribution in [2.75, 3.05) is 12.3 Å². The van der Waals surface area contributed by atoms with Gasteiger partial charge in [-0.15, -0.1) is 4.91 Å². The van der Waals surface area contributed by atoms with E-state index in [1.807, 2.05) is 0 Å². The number of nitrogens with one attached hydrogen (secondary N) is 3. The van der Waals surface area contributed by atoms with E-state index in [1.54, 1.807) is 13.8 Å². The van der Waals surface area contributed by atoms with E-state index in [-0.39, 0.29) is 12.4 Å². The third kappa shape index (κ3) is 5.19. The highest BCUT2D eigenvalue weighted by molar-refractivity contribution is 7.99. The van der Waals surface area contributed by atoms with Gasteiger partial charge in [-0.05, 0) is 13.8 Å². The number of nitrogen functional groups attached to an aromatic ring is 1. The second-order valence-electron chi connectivity index (χ2n) is 7.90. The summed E-state index contributed by atoms with van der Waals surface area (Å²) in [4.78, 5) is 46.9. The molecule has 0 saturated carbocycles. The van der Waals surface area contributed by atoms with Crippen LogP contribution in [0, 0.1) is 4.91 Å². The van der Waals surface area contributed by atoms with E-state index in [0.29, 0.717) is 23.1 Å². The monoisotopic (exact) mass is 483 g/mol. The minimum Gasteiger partial charge on any atom is -0.387 e. The van der Waals surface area contributed by atoms with Crippen LogP contribution in [0.1, 0.15) is 27.0 Å². The quantitative estimate of drug-likeness (QED) is 0.134. The molecule has 3 heterocycles. The average Bonchev–Trinajstić information content (AvgIpc) is 3.29. The lowest BCUT2D eigenvalue weighted by Gasteiger charge is -2.30. The maximum absolute atomic E-state index is 12.6. The van der Waals surface area contributed by atoms with Crippen molar-refractivity contribution in [3.63, 3.8) is 0 Å². The Labute approximate surface area is 192 Å². The van der Waals surface area contributed by atoms with Gasteiger partial charge in [0.1, 0.15) is 36.2 Å². The number of aromatic nitrogens is 4. The zero-order valence-electron chi connectivity index (χ0n) is 18.0. The highest BCUT2D eigenvalue weighted by Crippen LogP contribution is 2.32. The Morgan fingerprint density at radius 1 is 1.33 bits per heavy atom. The molecule has 1 fully saturated rings. The number of amides is 2. The lowest BCUT2D eigenvalue weighted by molar-refractivity contribution is -0.129. The summed E-state index contributed by atoms with van der Waals surface area (Å²) in [6.45, 7) is 4.31. The minimum absolute atomic E-state index is 0.0868. The van der Waals surface area contributed by atoms with Crippen molar-refractivity contribution in [2.24, 2.45) is 4.58 Å². The summed E-state index contributed by atoms with van der Waals surface area (Å²) in [5, 5.41) is 23.4. The molecule has 1 aliphatic heterocycles. The Morgan fingerprint density at radius 2 is 2.06 bits per heavy atom. The number of nitroso groups, excluding NO2 is 1. The van der Waals surface area contributed by atoms with Crippen LogP contribution in [-0.2, 0) is 14.3 Å². The van der Waals surface area contributed by atoms with Crippen molar-refractivity contribution in [1.82, 2.24) is 35.7 Å². The van der Waals surface area contributed by atoms with E-state index in [0.717, 1.165) is 0 Å². The largest absolute Gasteiger partial charge is 0.387 e. The van der Waals surface area contributed by atoms with Gasteiger partial charge in [-0.25, -0.2) is 20.4 Å². The average molecular weight is 484 g/mol. The molecule has 2 amide bonds. The van der Waals surface area contributed by atoms with Gasteiger partial charge in [0.15, 0.2) is 17.7 Å². The van der Waals surface area contributed by atoms with Crippen LogP contribution in [0.15, 0.2) is 17.2 Å². The van der Waals surface area contributed by atoms with Crippen molar-refractivity contribution in [1.29, 1.82) is 0 Å². The summed E-state index contributed by atoms with van der Waals surface area (Å²) in [5.41, 5.74) is 11.5. The maximum Gasteiger partial charge on any atom is 0.258 e. The second kappa shape index (κ2) is 9.92. The van der Waals surface area contributed by atoms with E-state index in [4.69, 9.17) is 10.5 Å². The predicted octanol–water partition coefficient (Wildman–Crippen LogP) is -1.65. The molecule has 1 saturated heterocycles. The molecule has 2 aromatic rings. The van der Waals surface area contributed by atoms with Gasteiger partial charge >= 0.3 is 0 Å². The van der Waals surface area contributed by atoms with Crippen LogP contribution in [0.25, 0.3) is 11.2 Å². The molecule has 1 aliphatic rings. The number of carbonyl (C=O) groups excluding carboxylic acids is 2. The maximum atomic E-state index is 12.6. The molecule has 15 nitrogen and oxygen atoms in total. The zero-order chi connectivity index (χ0) is 24.3. The number of aliphatic hydroxyl groups is 2. The molecule has 0 radical (unpaired) electrons. The molecule has 0 spiro atoms. The number of rotatable bonds is 9. The summed E-state index contributed by atoms with van der Waals surface area (Å²) in [5.74, 6) is -0.941. The second-order valence-corrected chi connectivity index (χ2v) is 9.29. The molecule has 0 bridgehead atoms. The van der Waals surface area contributed by atoms with Crippen molar-refractivity contribution in [2.45, 2.75) is 56.1 Å². The lowest BCUT2D eigenvalue weighted by atomic mass is 10.0. The number of ether oxygens (including phenoxy) is 1. The van der Waals surface area contributed by atoms with Crippen LogP contribution in [0.4, 0.5) is 5.82 Å². The molecule has 5 atom stereocenters. The highest BCUT2D eigenvalue weighted by atomic mass is 32.2. The van der Waals surface area contributed by atoms with Crippen LogP contribution in [0.2, 0.25) is 0 Å². The first-order chi connectivity index (χ1) is 15.6. The van der Waals surface area contributed by atoms with Crippen LogP contribution >= 0.6 is 11.9 Å². The van der Waals surface area contributed by atoms with Gasteiger partial charge < -0.3 is 26.0 Å². The molecule has 180 valence electrons. The first kappa shape index (κ1) is 24.7. The van der Waals surface area contributed by atoms with Crippen molar-refractivity contribution < 1.29 is 24.5 Å². The molecule has 0 unspecified atom stereocenters. The van der Waals surface area contributed by atoms with Crippen molar-refractivity contribution in [3.05, 3.63) is 17.6 Å². The Hall–Kier alpha value is -2.92. The van der Waals surface area contributed by atoms with Gasteiger partial charge in [-0.3, -0.25) is 19.6 Å². The predicted molar refractivity (Wildman–Crippen MR) is 117 cm³/mol. The number of fused-ring (bicyclic) bond motifs is 1. The van der Waals surface area contributed by atoms with Crippen LogP contribution in [0.5, 0.6) is 0 Å². The third-order valence-electron chi connectivity index (χ3n) is 5.09. The van der Waals surface area contributed by atoms with E-state index in [1.165, 1.54) is 24.1 Å². The normalized spacial score (nSPS) is 23.9. The third-order valence-corrected chi connectivity index (χ3v) is 5.87. The fraction of sp³-hybridized carbons (Fsp3) is 0.588. The molecule has 7 N–H and O–H groups in total. The molecule has 0 aliphatic carbocycles. The summed E-state index contributed by atoms with van der Waals surface area (Å²) in [6.07, 6.45) is -1.93. The Kier molecular flexibility index (Phi) is 7.43. The highest BCUT2D eigenvalue weighted by Gasteiger charge is 2.44. The van der Waals surface area contributed by atoms with Crippen LogP contribution < -0.4 is 21.9 Å². The van der Waals surface area contributed by atoms with Crippen LogP contribution in [0.3, 0.4) is 0 Å². The first-order valence-corrected chi connectivity index (χ1v) is 10.6. The van der Waals surface area contributed by atoms with E-state index >= 15 is 0 Å². The molecule has 0 aromatic carbocycles. The number of hydrogen-bond acceptors (Lipinski definition) is 13. The summed E-state index contributed by atoms with van der Waals surface area (Å²) in [7, 11) is 0. The first-order valence-electron chi connectivity index (χ1n) is 9.82. The van der Waals surface area contributed by atoms with Crippen molar-refractivity contribution in [3.8, 4) is 0 Å². The molecule has 2 aromatic heterocycles. The van der Waals surface area contributed by atoms with Gasteiger partial charge in [0.2, 0.25) is 5.91 Å². The number of anilines is 1. The standard InChI is InChI=1S/C17H25N9O6S/c1-7(27)23-12(17(2,3)33-25-31)15(30)24-22-4-8-10(28)11(29)16(32-8)26-6-21-9-13(18)19-5-20-14(9)26/h5-6,8,10-12,16,22,28-29H,4H2,1-3H3,(H,23,27)(H,24,30)(H2,18,19,20)/t8-,10-,11-,12-,16-/m1/s1. The molecular weight excluding hydrogens is 458 g/mol. The van der Waals surface area contributed by atoms with Crippen LogP contribution in [-0.4, -0.2) is 77.2 Å². The lowest BCUT2D eigenvalue weighted by Crippen LogP contribution is -2.59. The minimum atomic E-state index is -1.32. The molecule has 33 heavy (non-hydrogen) atoms. The van der Waals surface area contributed by atoms with E-state index in [2.05, 4.69) is 35.7 Å². The Morgan fingerprint density at radius 3 is 2.73 bits per heavy atom. The smallest absolute Gasteiger partial charge is 0.258 e. The number of nitrogens with zero attached hydrogens (tertiary/aromatic N) is 5. The number of imidazole rings is 1. The van der Waals surface area contributed by atoms with Gasteiger partial charge in [-0.2, -0.15) is 0 Å². The fourth-order valence-corrected chi connectivity index (χ4v) is 3.87. The molecule has 3 rings (SSSR count). The zero-order valence-corrected chi connectivity index (χ0v) is 18.8. The number of hydrogen-bond donors (Lipinski definition) is 6. The van der Waals surface area contributed by atoms with E-state index in [9.17, 15) is 24.7 Å². The SMILES string of the molecule is CC(=O)N[C@H](C(=O)NNC[C@H]1O[C@@H](n2cnc3c(N)ncnc32)[C@H](O)[C@@H]1O)C(C)(C)SN=O. The van der Waals surface area contributed by atoms with E-state index < -0.39 is 47.1 Å². The fourth-order valence-electron chi connectivity index (χ4n) is 3.40. The molecular formula is C17H25N9O6S. The van der Waals surface area contributed by atoms with Gasteiger partial charge in [0.25, 0.3) is 5.91 Å².